The fraction of sp³-hybridized carbons (Fsp3) is 0.185. The van der Waals surface area contributed by atoms with E-state index in [2.05, 4.69) is 4.99 Å². The highest BCUT2D eigenvalue weighted by atomic mass is 35.5. The van der Waals surface area contributed by atoms with Gasteiger partial charge in [-0.25, -0.2) is 4.99 Å². The number of likely N-dealkylation sites (N-methyl/N-ethyl adjacent to an activating group) is 1. The van der Waals surface area contributed by atoms with Crippen molar-refractivity contribution in [2.24, 2.45) is 4.99 Å². The highest BCUT2D eigenvalue weighted by Gasteiger charge is 2.30. The van der Waals surface area contributed by atoms with E-state index < -0.39 is 0 Å². The maximum Gasteiger partial charge on any atom is 0.266 e. The van der Waals surface area contributed by atoms with Crippen LogP contribution in [0.2, 0.25) is 5.02 Å². The summed E-state index contributed by atoms with van der Waals surface area (Å²) in [4.78, 5) is 19.7. The average molecular weight is 477 g/mol. The number of amidine groups is 1. The summed E-state index contributed by atoms with van der Waals surface area (Å²) in [6.07, 6.45) is 1.92. The number of benzene rings is 3. The SMILES string of the molecule is Cc1ccc(N=C2S/C(=C\c3cc(C)c(OCc4ccc(Cl)cc4)c(C)c3)C(=O)N2C)cc1. The molecule has 1 fully saturated rings. The Labute approximate surface area is 203 Å². The van der Waals surface area contributed by atoms with Gasteiger partial charge >= 0.3 is 0 Å². The summed E-state index contributed by atoms with van der Waals surface area (Å²) in [7, 11) is 1.76. The van der Waals surface area contributed by atoms with E-state index in [9.17, 15) is 4.79 Å². The second-order valence-electron chi connectivity index (χ2n) is 8.10. The zero-order valence-corrected chi connectivity index (χ0v) is 20.6. The van der Waals surface area contributed by atoms with Gasteiger partial charge in [0.25, 0.3) is 5.91 Å². The van der Waals surface area contributed by atoms with Crippen molar-refractivity contribution in [1.82, 2.24) is 4.90 Å². The Balaban J connectivity index is 1.52. The van der Waals surface area contributed by atoms with Crippen LogP contribution in [0.25, 0.3) is 6.08 Å². The number of hydrogen-bond acceptors (Lipinski definition) is 4. The lowest BCUT2D eigenvalue weighted by atomic mass is 10.0. The van der Waals surface area contributed by atoms with Gasteiger partial charge in [0.1, 0.15) is 12.4 Å². The van der Waals surface area contributed by atoms with Crippen LogP contribution in [0.1, 0.15) is 27.8 Å². The molecule has 1 aliphatic rings. The van der Waals surface area contributed by atoms with E-state index in [1.807, 2.05) is 87.5 Å². The van der Waals surface area contributed by atoms with E-state index in [1.54, 1.807) is 11.9 Å². The minimum Gasteiger partial charge on any atom is -0.488 e. The molecular weight excluding hydrogens is 452 g/mol. The number of halogens is 1. The molecule has 4 nitrogen and oxygen atoms in total. The van der Waals surface area contributed by atoms with Gasteiger partial charge in [-0.3, -0.25) is 9.69 Å². The zero-order chi connectivity index (χ0) is 23.5. The number of aryl methyl sites for hydroxylation is 3. The van der Waals surface area contributed by atoms with Crippen LogP contribution in [0.15, 0.2) is 70.6 Å². The summed E-state index contributed by atoms with van der Waals surface area (Å²) in [6.45, 7) is 6.55. The summed E-state index contributed by atoms with van der Waals surface area (Å²) in [5.74, 6) is 0.806. The van der Waals surface area contributed by atoms with Gasteiger partial charge in [-0.15, -0.1) is 0 Å². The minimum absolute atomic E-state index is 0.0516. The van der Waals surface area contributed by atoms with Crippen molar-refractivity contribution in [2.45, 2.75) is 27.4 Å². The van der Waals surface area contributed by atoms with Crippen molar-refractivity contribution >= 4 is 46.2 Å². The summed E-state index contributed by atoms with van der Waals surface area (Å²) in [6, 6.07) is 19.7. The van der Waals surface area contributed by atoms with Crippen molar-refractivity contribution in [3.05, 3.63) is 98.4 Å². The number of carbonyl (C=O) groups is 1. The second kappa shape index (κ2) is 9.86. The maximum absolute atomic E-state index is 12.8. The number of rotatable bonds is 5. The maximum atomic E-state index is 12.8. The van der Waals surface area contributed by atoms with Gasteiger partial charge in [-0.1, -0.05) is 41.4 Å². The van der Waals surface area contributed by atoms with Crippen molar-refractivity contribution in [3.63, 3.8) is 0 Å². The van der Waals surface area contributed by atoms with Crippen LogP contribution in [0.5, 0.6) is 5.75 Å². The predicted molar refractivity (Wildman–Crippen MR) is 138 cm³/mol. The molecule has 0 spiro atoms. The van der Waals surface area contributed by atoms with Crippen LogP contribution in [0, 0.1) is 20.8 Å². The Morgan fingerprint density at radius 1 is 1.00 bits per heavy atom. The van der Waals surface area contributed by atoms with Gasteiger partial charge in [0.15, 0.2) is 5.17 Å². The van der Waals surface area contributed by atoms with Gasteiger partial charge in [-0.05, 0) is 97.3 Å². The van der Waals surface area contributed by atoms with Gasteiger partial charge in [-0.2, -0.15) is 0 Å². The summed E-state index contributed by atoms with van der Waals surface area (Å²) >= 11 is 7.35. The molecular formula is C27H25ClN2O2S. The van der Waals surface area contributed by atoms with Gasteiger partial charge < -0.3 is 4.74 Å². The van der Waals surface area contributed by atoms with Crippen LogP contribution in [-0.4, -0.2) is 23.0 Å². The lowest BCUT2D eigenvalue weighted by molar-refractivity contribution is -0.121. The Bertz CT molecular complexity index is 1230. The monoisotopic (exact) mass is 476 g/mol. The van der Waals surface area contributed by atoms with Crippen LogP contribution in [0.4, 0.5) is 5.69 Å². The van der Waals surface area contributed by atoms with Crippen LogP contribution < -0.4 is 4.74 Å². The number of hydrogen-bond donors (Lipinski definition) is 0. The first kappa shape index (κ1) is 23.1. The molecule has 4 rings (SSSR count). The average Bonchev–Trinajstić information content (AvgIpc) is 3.03. The number of ether oxygens (including phenoxy) is 1. The standard InChI is InChI=1S/C27H25ClN2O2S/c1-17-5-11-23(12-6-17)29-27-30(4)26(31)24(33-27)15-21-13-18(2)25(19(3)14-21)32-16-20-7-9-22(28)10-8-20/h5-15H,16H2,1-4H3/b24-15-,29-27?. The van der Waals surface area contributed by atoms with Crippen LogP contribution in [-0.2, 0) is 11.4 Å². The van der Waals surface area contributed by atoms with Gasteiger partial charge in [0.05, 0.1) is 10.6 Å². The molecule has 33 heavy (non-hydrogen) atoms. The number of aliphatic imine (C=N–C) groups is 1. The smallest absolute Gasteiger partial charge is 0.266 e. The van der Waals surface area contributed by atoms with E-state index in [1.165, 1.54) is 17.3 Å². The Morgan fingerprint density at radius 3 is 2.27 bits per heavy atom. The zero-order valence-electron chi connectivity index (χ0n) is 19.1. The number of nitrogens with zero attached hydrogens (tertiary/aromatic N) is 2. The van der Waals surface area contributed by atoms with Crippen LogP contribution >= 0.6 is 23.4 Å². The normalized spacial score (nSPS) is 16.2. The van der Waals surface area contributed by atoms with Crippen molar-refractivity contribution in [1.29, 1.82) is 0 Å². The molecule has 0 saturated carbocycles. The molecule has 0 aromatic heterocycles. The van der Waals surface area contributed by atoms with Crippen molar-refractivity contribution in [3.8, 4) is 5.75 Å². The van der Waals surface area contributed by atoms with Crippen molar-refractivity contribution in [2.75, 3.05) is 7.05 Å². The third-order valence-corrected chi connectivity index (χ3v) is 6.65. The van der Waals surface area contributed by atoms with Crippen molar-refractivity contribution < 1.29 is 9.53 Å². The Hall–Kier alpha value is -3.02. The van der Waals surface area contributed by atoms with E-state index in [0.717, 1.165) is 33.7 Å². The quantitative estimate of drug-likeness (QED) is 0.369. The first-order valence-corrected chi connectivity index (χ1v) is 11.8. The van der Waals surface area contributed by atoms with E-state index >= 15 is 0 Å². The summed E-state index contributed by atoms with van der Waals surface area (Å²) in [5, 5.41) is 1.38. The molecule has 3 aromatic rings. The molecule has 0 atom stereocenters. The molecule has 0 unspecified atom stereocenters. The topological polar surface area (TPSA) is 41.9 Å². The van der Waals surface area contributed by atoms with Gasteiger partial charge in [0.2, 0.25) is 0 Å². The molecule has 168 valence electrons. The molecule has 1 saturated heterocycles. The molecule has 0 bridgehead atoms. The third-order valence-electron chi connectivity index (χ3n) is 5.34. The lowest BCUT2D eigenvalue weighted by Gasteiger charge is -2.13. The molecule has 0 N–H and O–H groups in total. The molecule has 0 radical (unpaired) electrons. The predicted octanol–water partition coefficient (Wildman–Crippen LogP) is 7.08. The van der Waals surface area contributed by atoms with Gasteiger partial charge in [0, 0.05) is 12.1 Å². The molecule has 1 aliphatic heterocycles. The lowest BCUT2D eigenvalue weighted by Crippen LogP contribution is -2.23. The first-order valence-electron chi connectivity index (χ1n) is 10.6. The number of thioether (sulfide) groups is 1. The molecule has 3 aromatic carbocycles. The van der Waals surface area contributed by atoms with E-state index in [0.29, 0.717) is 21.7 Å². The molecule has 0 aliphatic carbocycles. The van der Waals surface area contributed by atoms with E-state index in [-0.39, 0.29) is 5.91 Å². The fourth-order valence-electron chi connectivity index (χ4n) is 3.56. The molecule has 6 heteroatoms. The molecule has 1 heterocycles. The number of carbonyl (C=O) groups excluding carboxylic acids is 1. The molecule has 1 amide bonds. The third kappa shape index (κ3) is 5.49. The highest BCUT2D eigenvalue weighted by molar-refractivity contribution is 8.18. The highest BCUT2D eigenvalue weighted by Crippen LogP contribution is 2.34. The second-order valence-corrected chi connectivity index (χ2v) is 9.55. The summed E-state index contributed by atoms with van der Waals surface area (Å²) < 4.78 is 6.09. The first-order chi connectivity index (χ1) is 15.8. The number of amides is 1. The minimum atomic E-state index is -0.0516. The Kier molecular flexibility index (Phi) is 6.91. The van der Waals surface area contributed by atoms with Crippen LogP contribution in [0.3, 0.4) is 0 Å². The van der Waals surface area contributed by atoms with E-state index in [4.69, 9.17) is 16.3 Å². The Morgan fingerprint density at radius 2 is 1.64 bits per heavy atom. The summed E-state index contributed by atoms with van der Waals surface area (Å²) in [5.41, 5.74) is 6.07. The largest absolute Gasteiger partial charge is 0.488 e. The fourth-order valence-corrected chi connectivity index (χ4v) is 4.68.